The molecule has 0 aliphatic rings. The first-order chi connectivity index (χ1) is 13.6. The zero-order valence-electron chi connectivity index (χ0n) is 15.9. The van der Waals surface area contributed by atoms with Gasteiger partial charge >= 0.3 is 0 Å². The van der Waals surface area contributed by atoms with Gasteiger partial charge in [0, 0.05) is 32.8 Å². The van der Waals surface area contributed by atoms with Gasteiger partial charge in [-0.1, -0.05) is 36.7 Å². The summed E-state index contributed by atoms with van der Waals surface area (Å²) in [6, 6.07) is 16.7. The van der Waals surface area contributed by atoms with E-state index in [-0.39, 0.29) is 0 Å². The third kappa shape index (κ3) is 3.66. The van der Waals surface area contributed by atoms with Gasteiger partial charge in [-0.25, -0.2) is 9.97 Å². The van der Waals surface area contributed by atoms with Crippen LogP contribution >= 0.6 is 35.1 Å². The smallest absolute Gasteiger partial charge is 0.235 e. The number of aromatic nitrogens is 3. The maximum atomic E-state index is 6.55. The molecule has 0 amide bonds. The Bertz CT molecular complexity index is 1140. The van der Waals surface area contributed by atoms with Crippen molar-refractivity contribution in [3.05, 3.63) is 65.4 Å². The third-order valence-electron chi connectivity index (χ3n) is 4.50. The van der Waals surface area contributed by atoms with E-state index in [1.807, 2.05) is 25.3 Å². The Balaban J connectivity index is 1.93. The Morgan fingerprint density at radius 1 is 1.00 bits per heavy atom. The Labute approximate surface area is 178 Å². The fourth-order valence-corrected chi connectivity index (χ4v) is 4.59. The number of aryl methyl sites for hydroxylation is 1. The molecule has 142 valence electrons. The minimum Gasteiger partial charge on any atom is -0.283 e. The first-order valence-corrected chi connectivity index (χ1v) is 11.6. The second-order valence-electron chi connectivity index (χ2n) is 6.35. The number of benzene rings is 2. The molecule has 0 aliphatic heterocycles. The summed E-state index contributed by atoms with van der Waals surface area (Å²) >= 11 is 10.0. The number of rotatable bonds is 5. The largest absolute Gasteiger partial charge is 0.283 e. The van der Waals surface area contributed by atoms with Gasteiger partial charge in [0.2, 0.25) is 5.78 Å². The molecular formula is C22H20ClN3S2. The highest BCUT2D eigenvalue weighted by atomic mass is 35.5. The lowest BCUT2D eigenvalue weighted by atomic mass is 10.0. The first kappa shape index (κ1) is 19.4. The molecule has 2 heterocycles. The topological polar surface area (TPSA) is 30.2 Å². The third-order valence-corrected chi connectivity index (χ3v) is 6.63. The maximum Gasteiger partial charge on any atom is 0.235 e. The molecule has 0 saturated heterocycles. The molecule has 0 aliphatic carbocycles. The average Bonchev–Trinajstić information content (AvgIpc) is 3.08. The summed E-state index contributed by atoms with van der Waals surface area (Å²) in [7, 11) is 0. The Kier molecular flexibility index (Phi) is 5.67. The van der Waals surface area contributed by atoms with Crippen molar-refractivity contribution in [2.24, 2.45) is 0 Å². The van der Waals surface area contributed by atoms with E-state index in [1.54, 1.807) is 23.5 Å². The monoisotopic (exact) mass is 425 g/mol. The van der Waals surface area contributed by atoms with Crippen molar-refractivity contribution < 1.29 is 0 Å². The molecule has 0 spiro atoms. The van der Waals surface area contributed by atoms with Gasteiger partial charge in [-0.2, -0.15) is 0 Å². The molecule has 0 bridgehead atoms. The number of halogens is 1. The van der Waals surface area contributed by atoms with Crippen LogP contribution in [0.15, 0.2) is 64.5 Å². The molecule has 0 radical (unpaired) electrons. The van der Waals surface area contributed by atoms with Gasteiger partial charge in [0.1, 0.15) is 0 Å². The highest BCUT2D eigenvalue weighted by Crippen LogP contribution is 2.36. The van der Waals surface area contributed by atoms with Crippen molar-refractivity contribution in [2.45, 2.75) is 23.6 Å². The van der Waals surface area contributed by atoms with Crippen molar-refractivity contribution in [1.82, 2.24) is 14.4 Å². The number of imidazole rings is 1. The zero-order chi connectivity index (χ0) is 19.7. The summed E-state index contributed by atoms with van der Waals surface area (Å²) in [6.45, 7) is 4.11. The van der Waals surface area contributed by atoms with Crippen molar-refractivity contribution in [2.75, 3.05) is 12.0 Å². The number of hydrogen-bond donors (Lipinski definition) is 0. The fourth-order valence-electron chi connectivity index (χ4n) is 3.17. The van der Waals surface area contributed by atoms with E-state index in [4.69, 9.17) is 16.6 Å². The van der Waals surface area contributed by atoms with E-state index >= 15 is 0 Å². The van der Waals surface area contributed by atoms with E-state index < -0.39 is 0 Å². The van der Waals surface area contributed by atoms with Crippen LogP contribution in [0, 0.1) is 6.92 Å². The fraction of sp³-hybridized carbons (Fsp3) is 0.182. The average molecular weight is 426 g/mol. The molecule has 3 nitrogen and oxygen atoms in total. The molecule has 0 N–H and O–H groups in total. The lowest BCUT2D eigenvalue weighted by Crippen LogP contribution is -1.93. The van der Waals surface area contributed by atoms with Crippen LogP contribution in [0.1, 0.15) is 12.6 Å². The molecule has 0 atom stereocenters. The molecule has 0 unspecified atom stereocenters. The summed E-state index contributed by atoms with van der Waals surface area (Å²) in [5.74, 6) is 1.69. The van der Waals surface area contributed by atoms with Gasteiger partial charge in [0.05, 0.1) is 16.4 Å². The Hall–Kier alpha value is -1.95. The van der Waals surface area contributed by atoms with Crippen LogP contribution in [0.5, 0.6) is 0 Å². The van der Waals surface area contributed by atoms with Gasteiger partial charge in [0.15, 0.2) is 0 Å². The van der Waals surface area contributed by atoms with Gasteiger partial charge in [-0.05, 0) is 49.3 Å². The number of fused-ring (bicyclic) bond motifs is 1. The first-order valence-electron chi connectivity index (χ1n) is 9.03. The predicted octanol–water partition coefficient (Wildman–Crippen LogP) is 6.86. The highest BCUT2D eigenvalue weighted by Gasteiger charge is 2.18. The second kappa shape index (κ2) is 8.19. The van der Waals surface area contributed by atoms with Gasteiger partial charge in [-0.15, -0.1) is 23.5 Å². The van der Waals surface area contributed by atoms with Gasteiger partial charge < -0.3 is 0 Å². The molecule has 28 heavy (non-hydrogen) atoms. The quantitative estimate of drug-likeness (QED) is 0.327. The van der Waals surface area contributed by atoms with Crippen molar-refractivity contribution >= 4 is 40.9 Å². The van der Waals surface area contributed by atoms with Crippen LogP contribution in [0.3, 0.4) is 0 Å². The molecule has 4 rings (SSSR count). The second-order valence-corrected chi connectivity index (χ2v) is 8.95. The summed E-state index contributed by atoms with van der Waals surface area (Å²) < 4.78 is 2.05. The minimum atomic E-state index is 0.696. The van der Waals surface area contributed by atoms with E-state index in [9.17, 15) is 0 Å². The summed E-state index contributed by atoms with van der Waals surface area (Å²) in [6.07, 6.45) is 4.12. The molecule has 2 aromatic heterocycles. The number of hydrogen-bond acceptors (Lipinski definition) is 4. The molecule has 0 fully saturated rings. The van der Waals surface area contributed by atoms with Crippen LogP contribution in [0.25, 0.3) is 28.3 Å². The van der Waals surface area contributed by atoms with Crippen molar-refractivity contribution in [1.29, 1.82) is 0 Å². The van der Waals surface area contributed by atoms with E-state index in [0.29, 0.717) is 5.78 Å². The van der Waals surface area contributed by atoms with Crippen molar-refractivity contribution in [3.8, 4) is 22.5 Å². The Morgan fingerprint density at radius 2 is 1.75 bits per heavy atom. The minimum absolute atomic E-state index is 0.696. The van der Waals surface area contributed by atoms with Crippen LogP contribution < -0.4 is 0 Å². The maximum absolute atomic E-state index is 6.55. The lowest BCUT2D eigenvalue weighted by molar-refractivity contribution is 1.07. The van der Waals surface area contributed by atoms with E-state index in [1.165, 1.54) is 4.90 Å². The van der Waals surface area contributed by atoms with Gasteiger partial charge in [-0.3, -0.25) is 4.40 Å². The predicted molar refractivity (Wildman–Crippen MR) is 122 cm³/mol. The van der Waals surface area contributed by atoms with Crippen LogP contribution in [-0.4, -0.2) is 26.4 Å². The normalized spacial score (nSPS) is 11.3. The van der Waals surface area contributed by atoms with E-state index in [2.05, 4.69) is 59.0 Å². The highest BCUT2D eigenvalue weighted by molar-refractivity contribution is 7.99. The molecule has 2 aromatic carbocycles. The Morgan fingerprint density at radius 3 is 2.43 bits per heavy atom. The SMILES string of the molecule is CCSc1ccc(-c2nc3nc(C)ccn3c2-c2ccc(SC)cc2)cc1Cl. The summed E-state index contributed by atoms with van der Waals surface area (Å²) in [5, 5.41) is 0.759. The molecule has 4 aromatic rings. The van der Waals surface area contributed by atoms with Gasteiger partial charge in [0.25, 0.3) is 0 Å². The number of thioether (sulfide) groups is 2. The van der Waals surface area contributed by atoms with E-state index in [0.717, 1.165) is 43.9 Å². The van der Waals surface area contributed by atoms with Crippen LogP contribution in [0.2, 0.25) is 5.02 Å². The van der Waals surface area contributed by atoms with Crippen LogP contribution in [0.4, 0.5) is 0 Å². The standard InChI is InChI=1S/C22H20ClN3S2/c1-4-28-19-10-7-16(13-18(19)23)20-21(15-5-8-17(27-3)9-6-15)26-12-11-14(2)24-22(26)25-20/h5-13H,4H2,1-3H3. The van der Waals surface area contributed by atoms with Crippen LogP contribution in [-0.2, 0) is 0 Å². The summed E-state index contributed by atoms with van der Waals surface area (Å²) in [5.41, 5.74) is 4.97. The summed E-state index contributed by atoms with van der Waals surface area (Å²) in [4.78, 5) is 11.8. The molecule has 6 heteroatoms. The zero-order valence-corrected chi connectivity index (χ0v) is 18.3. The molecular weight excluding hydrogens is 406 g/mol. The number of nitrogens with zero attached hydrogens (tertiary/aromatic N) is 3. The van der Waals surface area contributed by atoms with Crippen molar-refractivity contribution in [3.63, 3.8) is 0 Å². The lowest BCUT2D eigenvalue weighted by Gasteiger charge is -2.08. The molecule has 0 saturated carbocycles.